The molecule has 0 spiro atoms. The highest BCUT2D eigenvalue weighted by Gasteiger charge is 2.14. The van der Waals surface area contributed by atoms with Gasteiger partial charge in [0.25, 0.3) is 0 Å². The number of fused-ring (bicyclic) bond motifs is 1. The number of hydrogen-bond acceptors (Lipinski definition) is 2. The maximum atomic E-state index is 9.65. The zero-order valence-corrected chi connectivity index (χ0v) is 10.2. The third-order valence-corrected chi connectivity index (χ3v) is 4.10. The molecule has 15 heavy (non-hydrogen) atoms. The van der Waals surface area contributed by atoms with Crippen molar-refractivity contribution in [2.24, 2.45) is 0 Å². The SMILES string of the molecule is CC(C)(O)CSc1ccc2c(c1)CCC2. The summed E-state index contributed by atoms with van der Waals surface area (Å²) in [5.74, 6) is 0.756. The molecule has 1 aromatic rings. The Hall–Kier alpha value is -0.470. The van der Waals surface area contributed by atoms with Gasteiger partial charge in [-0.25, -0.2) is 0 Å². The van der Waals surface area contributed by atoms with Crippen molar-refractivity contribution in [1.29, 1.82) is 0 Å². The highest BCUT2D eigenvalue weighted by molar-refractivity contribution is 7.99. The summed E-state index contributed by atoms with van der Waals surface area (Å²) < 4.78 is 0. The van der Waals surface area contributed by atoms with Gasteiger partial charge in [-0.05, 0) is 56.4 Å². The first-order valence-corrected chi connectivity index (χ1v) is 6.50. The fourth-order valence-electron chi connectivity index (χ4n) is 1.90. The Morgan fingerprint density at radius 2 is 2.00 bits per heavy atom. The normalized spacial score (nSPS) is 15.4. The van der Waals surface area contributed by atoms with Crippen LogP contribution in [0.3, 0.4) is 0 Å². The lowest BCUT2D eigenvalue weighted by molar-refractivity contribution is 0.107. The van der Waals surface area contributed by atoms with Crippen LogP contribution in [-0.2, 0) is 12.8 Å². The minimum absolute atomic E-state index is 0.580. The van der Waals surface area contributed by atoms with Gasteiger partial charge in [-0.15, -0.1) is 11.8 Å². The van der Waals surface area contributed by atoms with E-state index in [2.05, 4.69) is 18.2 Å². The molecule has 1 nitrogen and oxygen atoms in total. The Balaban J connectivity index is 2.04. The highest BCUT2D eigenvalue weighted by Crippen LogP contribution is 2.28. The minimum Gasteiger partial charge on any atom is -0.390 e. The summed E-state index contributed by atoms with van der Waals surface area (Å²) in [5.41, 5.74) is 2.45. The van der Waals surface area contributed by atoms with Crippen molar-refractivity contribution >= 4 is 11.8 Å². The number of benzene rings is 1. The van der Waals surface area contributed by atoms with Crippen LogP contribution in [0, 0.1) is 0 Å². The quantitative estimate of drug-likeness (QED) is 0.793. The average Bonchev–Trinajstić information content (AvgIpc) is 2.60. The largest absolute Gasteiger partial charge is 0.390 e. The van der Waals surface area contributed by atoms with Gasteiger partial charge in [0, 0.05) is 10.6 Å². The van der Waals surface area contributed by atoms with E-state index in [4.69, 9.17) is 0 Å². The van der Waals surface area contributed by atoms with Crippen LogP contribution < -0.4 is 0 Å². The third-order valence-electron chi connectivity index (χ3n) is 2.66. The Bertz CT molecular complexity index is 352. The molecule has 1 aliphatic rings. The van der Waals surface area contributed by atoms with Crippen molar-refractivity contribution in [3.8, 4) is 0 Å². The topological polar surface area (TPSA) is 20.2 Å². The van der Waals surface area contributed by atoms with Gasteiger partial charge in [0.2, 0.25) is 0 Å². The molecule has 0 bridgehead atoms. The first kappa shape index (κ1) is 11.0. The van der Waals surface area contributed by atoms with E-state index in [1.165, 1.54) is 35.3 Å². The second kappa shape index (κ2) is 4.18. The first-order chi connectivity index (χ1) is 7.04. The summed E-state index contributed by atoms with van der Waals surface area (Å²) in [4.78, 5) is 1.29. The summed E-state index contributed by atoms with van der Waals surface area (Å²) in [6, 6.07) is 6.72. The predicted octanol–water partition coefficient (Wildman–Crippen LogP) is 3.04. The number of thioether (sulfide) groups is 1. The summed E-state index contributed by atoms with van der Waals surface area (Å²) >= 11 is 1.74. The van der Waals surface area contributed by atoms with E-state index in [0.29, 0.717) is 0 Å². The number of rotatable bonds is 3. The molecule has 0 saturated carbocycles. The number of aryl methyl sites for hydroxylation is 2. The second-order valence-electron chi connectivity index (χ2n) is 4.89. The van der Waals surface area contributed by atoms with Gasteiger partial charge >= 0.3 is 0 Å². The van der Waals surface area contributed by atoms with Crippen molar-refractivity contribution in [3.05, 3.63) is 29.3 Å². The van der Waals surface area contributed by atoms with Crippen molar-refractivity contribution in [3.63, 3.8) is 0 Å². The molecule has 1 N–H and O–H groups in total. The lowest BCUT2D eigenvalue weighted by Gasteiger charge is -2.16. The van der Waals surface area contributed by atoms with Crippen LogP contribution in [-0.4, -0.2) is 16.5 Å². The summed E-state index contributed by atoms with van der Waals surface area (Å²) in [6.07, 6.45) is 3.77. The molecule has 2 heteroatoms. The van der Waals surface area contributed by atoms with Crippen LogP contribution in [0.15, 0.2) is 23.1 Å². The van der Waals surface area contributed by atoms with Crippen molar-refractivity contribution in [1.82, 2.24) is 0 Å². The van der Waals surface area contributed by atoms with E-state index in [1.54, 1.807) is 11.8 Å². The Kier molecular flexibility index (Phi) is 3.08. The number of aliphatic hydroxyl groups is 1. The van der Waals surface area contributed by atoms with Crippen LogP contribution >= 0.6 is 11.8 Å². The molecule has 0 unspecified atom stereocenters. The first-order valence-electron chi connectivity index (χ1n) is 5.52. The van der Waals surface area contributed by atoms with Gasteiger partial charge in [-0.3, -0.25) is 0 Å². The van der Waals surface area contributed by atoms with Gasteiger partial charge in [0.1, 0.15) is 0 Å². The van der Waals surface area contributed by atoms with Crippen LogP contribution in [0.1, 0.15) is 31.4 Å². The summed E-state index contributed by atoms with van der Waals surface area (Å²) in [5, 5.41) is 9.65. The maximum Gasteiger partial charge on any atom is 0.0685 e. The molecular weight excluding hydrogens is 204 g/mol. The zero-order valence-electron chi connectivity index (χ0n) is 9.42. The van der Waals surface area contributed by atoms with E-state index in [-0.39, 0.29) is 0 Å². The van der Waals surface area contributed by atoms with Crippen molar-refractivity contribution in [2.75, 3.05) is 5.75 Å². The molecule has 0 heterocycles. The van der Waals surface area contributed by atoms with Gasteiger partial charge < -0.3 is 5.11 Å². The van der Waals surface area contributed by atoms with Gasteiger partial charge in [0.05, 0.1) is 5.60 Å². The molecule has 1 aliphatic carbocycles. The molecule has 0 fully saturated rings. The molecular formula is C13H18OS. The summed E-state index contributed by atoms with van der Waals surface area (Å²) in [7, 11) is 0. The molecule has 0 radical (unpaired) electrons. The van der Waals surface area contributed by atoms with E-state index < -0.39 is 5.60 Å². The maximum absolute atomic E-state index is 9.65. The van der Waals surface area contributed by atoms with Crippen LogP contribution in [0.5, 0.6) is 0 Å². The van der Waals surface area contributed by atoms with Gasteiger partial charge in [-0.1, -0.05) is 6.07 Å². The summed E-state index contributed by atoms with van der Waals surface area (Å²) in [6.45, 7) is 3.71. The molecule has 0 amide bonds. The Morgan fingerprint density at radius 1 is 1.27 bits per heavy atom. The smallest absolute Gasteiger partial charge is 0.0685 e. The van der Waals surface area contributed by atoms with Crippen molar-refractivity contribution < 1.29 is 5.11 Å². The van der Waals surface area contributed by atoms with Gasteiger partial charge in [0.15, 0.2) is 0 Å². The highest BCUT2D eigenvalue weighted by atomic mass is 32.2. The van der Waals surface area contributed by atoms with E-state index in [0.717, 1.165) is 5.75 Å². The second-order valence-corrected chi connectivity index (χ2v) is 5.93. The van der Waals surface area contributed by atoms with Crippen LogP contribution in [0.2, 0.25) is 0 Å². The van der Waals surface area contributed by atoms with E-state index >= 15 is 0 Å². The molecule has 2 rings (SSSR count). The standard InChI is InChI=1S/C13H18OS/c1-13(2,14)9-15-12-7-6-10-4-3-5-11(10)8-12/h6-8,14H,3-5,9H2,1-2H3. The molecule has 0 aliphatic heterocycles. The monoisotopic (exact) mass is 222 g/mol. The fourth-order valence-corrected chi connectivity index (χ4v) is 2.81. The van der Waals surface area contributed by atoms with Gasteiger partial charge in [-0.2, -0.15) is 0 Å². The van der Waals surface area contributed by atoms with Crippen LogP contribution in [0.25, 0.3) is 0 Å². The third kappa shape index (κ3) is 2.99. The Labute approximate surface area is 95.9 Å². The fraction of sp³-hybridized carbons (Fsp3) is 0.538. The lowest BCUT2D eigenvalue weighted by atomic mass is 10.1. The molecule has 82 valence electrons. The zero-order chi connectivity index (χ0) is 10.9. The predicted molar refractivity (Wildman–Crippen MR) is 65.5 cm³/mol. The van der Waals surface area contributed by atoms with E-state index in [9.17, 15) is 5.11 Å². The minimum atomic E-state index is -0.580. The molecule has 1 aromatic carbocycles. The molecule has 0 saturated heterocycles. The van der Waals surface area contributed by atoms with E-state index in [1.807, 2.05) is 13.8 Å². The average molecular weight is 222 g/mol. The van der Waals surface area contributed by atoms with Crippen molar-refractivity contribution in [2.45, 2.75) is 43.6 Å². The lowest BCUT2D eigenvalue weighted by Crippen LogP contribution is -2.21. The Morgan fingerprint density at radius 3 is 2.73 bits per heavy atom. The van der Waals surface area contributed by atoms with Crippen LogP contribution in [0.4, 0.5) is 0 Å². The number of hydrogen-bond donors (Lipinski definition) is 1. The molecule has 0 aromatic heterocycles. The molecule has 0 atom stereocenters.